The van der Waals surface area contributed by atoms with Gasteiger partial charge < -0.3 is 19.9 Å². The second kappa shape index (κ2) is 28.7. The summed E-state index contributed by atoms with van der Waals surface area (Å²) < 4.78 is 241. The first-order valence-electron chi connectivity index (χ1n) is 38.5. The summed E-state index contributed by atoms with van der Waals surface area (Å²) >= 11 is 0. The summed E-state index contributed by atoms with van der Waals surface area (Å²) in [5.74, 6) is -37.1. The Morgan fingerprint density at radius 1 is 0.189 bits per heavy atom. The van der Waals surface area contributed by atoms with Crippen LogP contribution in [-0.4, -0.2) is 39.9 Å². The Morgan fingerprint density at radius 2 is 0.377 bits per heavy atom. The van der Waals surface area contributed by atoms with Crippen molar-refractivity contribution >= 4 is 114 Å². The highest BCUT2D eigenvalue weighted by atomic mass is 19.2. The number of benzene rings is 9. The molecule has 0 amide bonds. The lowest BCUT2D eigenvalue weighted by Gasteiger charge is -2.15. The molecule has 0 spiro atoms. The minimum absolute atomic E-state index is 0.00431. The molecule has 0 unspecified atom stereocenters. The normalized spacial score (nSPS) is 12.5. The van der Waals surface area contributed by atoms with Crippen molar-refractivity contribution in [2.24, 2.45) is 0 Å². The summed E-state index contributed by atoms with van der Waals surface area (Å²) in [5, 5.41) is 2.26. The topological polar surface area (TPSA) is 115 Å². The molecule has 0 aliphatic carbocycles. The van der Waals surface area contributed by atoms with Gasteiger partial charge in [-0.25, -0.2) is 85.8 Å². The quantitative estimate of drug-likeness (QED) is 0.0525. The van der Waals surface area contributed by atoms with E-state index in [1.54, 1.807) is 18.2 Å². The molecule has 4 aliphatic heterocycles. The average Bonchev–Trinajstić information content (AvgIpc) is 1.50. The fourth-order valence-corrected chi connectivity index (χ4v) is 18.2. The van der Waals surface area contributed by atoms with Gasteiger partial charge in [0.25, 0.3) is 0 Å². The summed E-state index contributed by atoms with van der Waals surface area (Å²) in [5.41, 5.74) is 9.34. The number of nitrogens with zero attached hydrogens (tertiary/aromatic N) is 4. The number of hydrogen-bond donors (Lipinski definition) is 4. The maximum absolute atomic E-state index is 16.9. The fraction of sp³-hybridized carbons (Fsp3) is 0.0909. The molecule has 0 saturated heterocycles. The Labute approximate surface area is 684 Å². The van der Waals surface area contributed by atoms with Crippen LogP contribution in [0.2, 0.25) is 0 Å². The highest BCUT2D eigenvalue weighted by Crippen LogP contribution is 2.49. The van der Waals surface area contributed by atoms with Gasteiger partial charge in [-0.05, 0) is 254 Å². The molecule has 0 saturated carbocycles. The summed E-state index contributed by atoms with van der Waals surface area (Å²) in [4.78, 5) is 34.1. The van der Waals surface area contributed by atoms with Crippen LogP contribution in [0.15, 0.2) is 133 Å². The summed E-state index contributed by atoms with van der Waals surface area (Å²) in [7, 11) is 0. The Bertz CT molecular complexity index is 7540. The minimum Gasteiger partial charge on any atom is -0.354 e. The van der Waals surface area contributed by atoms with Gasteiger partial charge in [0.15, 0.2) is 69.8 Å². The zero-order valence-corrected chi connectivity index (χ0v) is 65.8. The molecule has 0 radical (unpaired) electrons. The number of aromatic nitrogens is 8. The zero-order chi connectivity index (χ0) is 85.5. The van der Waals surface area contributed by atoms with E-state index in [0.717, 1.165) is 137 Å². The summed E-state index contributed by atoms with van der Waals surface area (Å²) in [6.07, 6.45) is 12.2. The Hall–Kier alpha value is -14.4. The van der Waals surface area contributed by atoms with Crippen molar-refractivity contribution < 1.29 is 65.9 Å². The molecule has 8 nitrogen and oxygen atoms in total. The van der Waals surface area contributed by atoms with E-state index >= 15 is 61.5 Å². The van der Waals surface area contributed by atoms with Crippen molar-refractivity contribution in [3.8, 4) is 89.0 Å². The lowest BCUT2D eigenvalue weighted by atomic mass is 9.91. The standard InChI is InChI=1S/C99H61F15N8/c1-40-32-43(4)71(44(5)33-40)76-59-20-16-55(115-59)74(56-17-21-60(116-56)77(72-45(6)34-41(2)35-46(72)7)62-25-27-64(120-62)78(63-26-24-61(76)119-63)73-47(8)36-42(3)37-48(73)9)51-14-10-12-49-38-50-13-11-15-52(54(50)39-53(49)51)75-57-18-22-65(117-57)79(82-85(100)91(106)97(112)92(107)86(82)101)67-28-30-69(121-67)81(84-89(104)95(110)99(114)96(111)90(84)105)70-31-29-68(122-70)80(66-23-19-58(75)118-66)83-87(102)93(108)98(113)94(109)88(83)103/h10-39,115,117,120,122H,1-9H3. The maximum atomic E-state index is 16.9. The van der Waals surface area contributed by atoms with Gasteiger partial charge >= 0.3 is 0 Å². The van der Waals surface area contributed by atoms with Crippen molar-refractivity contribution in [2.45, 2.75) is 62.3 Å². The second-order valence-corrected chi connectivity index (χ2v) is 31.1. The third kappa shape index (κ3) is 12.1. The smallest absolute Gasteiger partial charge is 0.200 e. The van der Waals surface area contributed by atoms with Gasteiger partial charge in [-0.2, -0.15) is 0 Å². The first-order valence-corrected chi connectivity index (χ1v) is 38.5. The fourth-order valence-electron chi connectivity index (χ4n) is 18.2. The van der Waals surface area contributed by atoms with Gasteiger partial charge in [-0.15, -0.1) is 0 Å². The number of nitrogens with one attached hydrogen (secondary N) is 4. The van der Waals surface area contributed by atoms with E-state index in [9.17, 15) is 4.39 Å². The Morgan fingerprint density at radius 3 is 0.598 bits per heavy atom. The number of halogens is 15. The number of aromatic amines is 4. The number of aryl methyl sites for hydroxylation is 9. The molecule has 16 bridgehead atoms. The zero-order valence-electron chi connectivity index (χ0n) is 65.8. The van der Waals surface area contributed by atoms with Crippen molar-refractivity contribution in [1.82, 2.24) is 39.9 Å². The van der Waals surface area contributed by atoms with Crippen LogP contribution in [0.5, 0.6) is 0 Å². The van der Waals surface area contributed by atoms with Crippen LogP contribution >= 0.6 is 0 Å². The molecule has 9 aromatic carbocycles. The van der Waals surface area contributed by atoms with E-state index in [-0.39, 0.29) is 22.3 Å². The summed E-state index contributed by atoms with van der Waals surface area (Å²) in [6.45, 7) is 18.7. The maximum Gasteiger partial charge on any atom is 0.200 e. The molecule has 4 aliphatic rings. The first kappa shape index (κ1) is 77.6. The van der Waals surface area contributed by atoms with Gasteiger partial charge in [0.05, 0.1) is 62.2 Å². The van der Waals surface area contributed by atoms with Crippen LogP contribution in [0.4, 0.5) is 65.9 Å². The van der Waals surface area contributed by atoms with Crippen molar-refractivity contribution in [1.29, 1.82) is 0 Å². The molecule has 6 aromatic heterocycles. The van der Waals surface area contributed by atoms with E-state index in [1.807, 2.05) is 74.5 Å². The largest absolute Gasteiger partial charge is 0.354 e. The highest BCUT2D eigenvalue weighted by Gasteiger charge is 2.36. The second-order valence-electron chi connectivity index (χ2n) is 31.1. The van der Waals surface area contributed by atoms with Crippen LogP contribution in [-0.2, 0) is 0 Å². The molecule has 4 N–H and O–H groups in total. The van der Waals surface area contributed by atoms with E-state index in [1.165, 1.54) is 12.1 Å². The third-order valence-corrected chi connectivity index (χ3v) is 23.1. The van der Waals surface area contributed by atoms with Gasteiger partial charge in [0.1, 0.15) is 0 Å². The molecule has 0 fully saturated rings. The molecule has 122 heavy (non-hydrogen) atoms. The molecule has 602 valence electrons. The number of H-pyrrole nitrogens is 4. The highest BCUT2D eigenvalue weighted by molar-refractivity contribution is 6.14. The van der Waals surface area contributed by atoms with E-state index < -0.39 is 154 Å². The Kier molecular flexibility index (Phi) is 18.2. The predicted octanol–water partition coefficient (Wildman–Crippen LogP) is 28.1. The number of fused-ring (bicyclic) bond motifs is 18. The lowest BCUT2D eigenvalue weighted by molar-refractivity contribution is 0.381. The SMILES string of the molecule is Cc1cc(C)c(-c2c3nc(c(-c4c(C)cc(C)cc4C)c4ccc([nH]4)c(-c4cccc5cc6cccc(-c7c8nc(c(-c9c(F)c(F)c(F)c(F)c9F)c9ccc([nH]9)c(-c9c(F)c(F)c(F)c(F)c9F)c9nc(c(-c%10c(F)c(F)c(F)c(F)c%10F)c%10ccc7[nH]%10)C=C9)C=C8)c6cc45)c4nc(c(-c5c(C)cc(C)cc5C)c5ccc2[nH]5)C=C4)C=C3)c(C)c1. The van der Waals surface area contributed by atoms with E-state index in [0.29, 0.717) is 60.8 Å². The molecule has 19 rings (SSSR count). The van der Waals surface area contributed by atoms with Gasteiger partial charge in [0, 0.05) is 88.6 Å². The van der Waals surface area contributed by atoms with Crippen LogP contribution in [0.25, 0.3) is 203 Å². The third-order valence-electron chi connectivity index (χ3n) is 23.1. The van der Waals surface area contributed by atoms with Gasteiger partial charge in [-0.1, -0.05) is 89.5 Å². The minimum atomic E-state index is -2.63. The van der Waals surface area contributed by atoms with Crippen LogP contribution in [0.1, 0.15) is 95.6 Å². The van der Waals surface area contributed by atoms with Crippen LogP contribution < -0.4 is 0 Å². The van der Waals surface area contributed by atoms with Crippen LogP contribution in [0, 0.1) is 150 Å². The molecular formula is C99H61F15N8. The first-order chi connectivity index (χ1) is 58.4. The number of hydrogen-bond acceptors (Lipinski definition) is 4. The monoisotopic (exact) mass is 1650 g/mol. The molecule has 0 atom stereocenters. The van der Waals surface area contributed by atoms with Gasteiger partial charge in [0.2, 0.25) is 17.5 Å². The van der Waals surface area contributed by atoms with Crippen molar-refractivity contribution in [3.63, 3.8) is 0 Å². The molecule has 15 aromatic rings. The molecule has 23 heteroatoms. The predicted molar refractivity (Wildman–Crippen MR) is 452 cm³/mol. The van der Waals surface area contributed by atoms with E-state index in [4.69, 9.17) is 15.0 Å². The van der Waals surface area contributed by atoms with Crippen LogP contribution in [0.3, 0.4) is 0 Å². The van der Waals surface area contributed by atoms with Crippen molar-refractivity contribution in [2.75, 3.05) is 0 Å². The molecule has 10 heterocycles. The molecular weight excluding hydrogens is 1590 g/mol. The number of rotatable bonds is 8. The Balaban J connectivity index is 0.947. The van der Waals surface area contributed by atoms with E-state index in [2.05, 4.69) is 128 Å². The van der Waals surface area contributed by atoms with Crippen molar-refractivity contribution in [3.05, 3.63) is 316 Å². The summed E-state index contributed by atoms with van der Waals surface area (Å²) in [6, 6.07) is 40.0. The average molecular weight is 1650 g/mol. The van der Waals surface area contributed by atoms with Gasteiger partial charge in [-0.3, -0.25) is 0 Å². The lowest BCUT2D eigenvalue weighted by Crippen LogP contribution is -2.06.